The lowest BCUT2D eigenvalue weighted by Crippen LogP contribution is -2.41. The number of benzene rings is 1. The fourth-order valence-electron chi connectivity index (χ4n) is 3.03. The second-order valence-corrected chi connectivity index (χ2v) is 6.49. The molecule has 24 heavy (non-hydrogen) atoms. The van der Waals surface area contributed by atoms with Crippen LogP contribution in [0.5, 0.6) is 0 Å². The van der Waals surface area contributed by atoms with Gasteiger partial charge < -0.3 is 16.0 Å². The molecule has 1 saturated carbocycles. The Morgan fingerprint density at radius 1 is 1.21 bits per heavy atom. The summed E-state index contributed by atoms with van der Waals surface area (Å²) in [6, 6.07) is 10.8. The van der Waals surface area contributed by atoms with E-state index in [-0.39, 0.29) is 5.91 Å². The molecule has 0 heterocycles. The molecule has 0 aliphatic heterocycles. The summed E-state index contributed by atoms with van der Waals surface area (Å²) in [6.45, 7) is 3.58. The molecule has 2 rings (SSSR count). The summed E-state index contributed by atoms with van der Waals surface area (Å²) < 4.78 is 0. The molecule has 132 valence electrons. The Morgan fingerprint density at radius 3 is 2.58 bits per heavy atom. The molecule has 5 heteroatoms. The minimum atomic E-state index is 0.127. The highest BCUT2D eigenvalue weighted by molar-refractivity contribution is 5.81. The van der Waals surface area contributed by atoms with E-state index in [9.17, 15) is 4.79 Å². The average molecular weight is 330 g/mol. The highest BCUT2D eigenvalue weighted by Crippen LogP contribution is 2.17. The lowest BCUT2D eigenvalue weighted by Gasteiger charge is -2.17. The van der Waals surface area contributed by atoms with Gasteiger partial charge in [-0.1, -0.05) is 50.1 Å². The van der Waals surface area contributed by atoms with Crippen molar-refractivity contribution >= 4 is 11.9 Å². The van der Waals surface area contributed by atoms with Crippen molar-refractivity contribution in [1.82, 2.24) is 16.0 Å². The zero-order chi connectivity index (χ0) is 17.2. The molecule has 1 aliphatic rings. The maximum absolute atomic E-state index is 11.9. The monoisotopic (exact) mass is 330 g/mol. The van der Waals surface area contributed by atoms with Crippen LogP contribution in [0.3, 0.4) is 0 Å². The van der Waals surface area contributed by atoms with Crippen LogP contribution in [-0.4, -0.2) is 38.0 Å². The maximum atomic E-state index is 11.9. The number of nitrogens with one attached hydrogen (secondary N) is 3. The SMILES string of the molecule is CN=C(NCCC(=O)NC1CCCC1)NCC(C)c1ccccc1. The third-order valence-electron chi connectivity index (χ3n) is 4.53. The number of nitrogens with zero attached hydrogens (tertiary/aromatic N) is 1. The van der Waals surface area contributed by atoms with Crippen LogP contribution in [0.4, 0.5) is 0 Å². The third-order valence-corrected chi connectivity index (χ3v) is 4.53. The molecule has 1 atom stereocenters. The lowest BCUT2D eigenvalue weighted by molar-refractivity contribution is -0.121. The Kier molecular flexibility index (Phi) is 7.59. The molecule has 5 nitrogen and oxygen atoms in total. The van der Waals surface area contributed by atoms with Gasteiger partial charge in [0.2, 0.25) is 5.91 Å². The Balaban J connectivity index is 1.64. The molecule has 0 saturated heterocycles. The van der Waals surface area contributed by atoms with E-state index in [0.29, 0.717) is 24.9 Å². The maximum Gasteiger partial charge on any atom is 0.221 e. The van der Waals surface area contributed by atoms with Gasteiger partial charge in [-0.2, -0.15) is 0 Å². The molecule has 3 N–H and O–H groups in total. The summed E-state index contributed by atoms with van der Waals surface area (Å²) in [7, 11) is 1.75. The first kappa shape index (κ1) is 18.3. The number of carbonyl (C=O) groups is 1. The van der Waals surface area contributed by atoms with E-state index in [1.807, 2.05) is 6.07 Å². The highest BCUT2D eigenvalue weighted by Gasteiger charge is 2.16. The van der Waals surface area contributed by atoms with Gasteiger partial charge >= 0.3 is 0 Å². The molecule has 0 spiro atoms. The van der Waals surface area contributed by atoms with Crippen LogP contribution < -0.4 is 16.0 Å². The largest absolute Gasteiger partial charge is 0.356 e. The Hall–Kier alpha value is -2.04. The number of guanidine groups is 1. The Bertz CT molecular complexity index is 523. The predicted octanol–water partition coefficient (Wildman–Crippen LogP) is 2.40. The summed E-state index contributed by atoms with van der Waals surface area (Å²) in [4.78, 5) is 16.1. The van der Waals surface area contributed by atoms with Crippen LogP contribution in [0.15, 0.2) is 35.3 Å². The van der Waals surface area contributed by atoms with E-state index < -0.39 is 0 Å². The number of hydrogen-bond acceptors (Lipinski definition) is 2. The molecule has 1 amide bonds. The summed E-state index contributed by atoms with van der Waals surface area (Å²) in [5.74, 6) is 1.27. The van der Waals surface area contributed by atoms with Crippen LogP contribution in [0.1, 0.15) is 50.5 Å². The first-order valence-corrected chi connectivity index (χ1v) is 8.98. The van der Waals surface area contributed by atoms with Crippen molar-refractivity contribution < 1.29 is 4.79 Å². The smallest absolute Gasteiger partial charge is 0.221 e. The van der Waals surface area contributed by atoms with Gasteiger partial charge in [0.15, 0.2) is 5.96 Å². The summed E-state index contributed by atoms with van der Waals surface area (Å²) in [5.41, 5.74) is 1.30. The van der Waals surface area contributed by atoms with Gasteiger partial charge in [-0.05, 0) is 24.3 Å². The van der Waals surface area contributed by atoms with Gasteiger partial charge in [-0.3, -0.25) is 9.79 Å². The number of carbonyl (C=O) groups excluding carboxylic acids is 1. The average Bonchev–Trinajstić information content (AvgIpc) is 3.11. The first-order valence-electron chi connectivity index (χ1n) is 8.98. The van der Waals surface area contributed by atoms with Crippen molar-refractivity contribution in [2.24, 2.45) is 4.99 Å². The van der Waals surface area contributed by atoms with Crippen LogP contribution in [-0.2, 0) is 4.79 Å². The fourth-order valence-corrected chi connectivity index (χ4v) is 3.03. The van der Waals surface area contributed by atoms with Gasteiger partial charge in [0.1, 0.15) is 0 Å². The van der Waals surface area contributed by atoms with E-state index in [1.54, 1.807) is 7.05 Å². The molecule has 0 radical (unpaired) electrons. The van der Waals surface area contributed by atoms with Gasteiger partial charge in [-0.15, -0.1) is 0 Å². The van der Waals surface area contributed by atoms with Crippen molar-refractivity contribution in [2.75, 3.05) is 20.1 Å². The second-order valence-electron chi connectivity index (χ2n) is 6.49. The zero-order valence-electron chi connectivity index (χ0n) is 14.8. The molecule has 1 aliphatic carbocycles. The van der Waals surface area contributed by atoms with Crippen molar-refractivity contribution in [3.8, 4) is 0 Å². The minimum Gasteiger partial charge on any atom is -0.356 e. The normalized spacial score (nSPS) is 16.7. The number of hydrogen-bond donors (Lipinski definition) is 3. The van der Waals surface area contributed by atoms with Crippen LogP contribution in [0.2, 0.25) is 0 Å². The predicted molar refractivity (Wildman–Crippen MR) is 99.2 cm³/mol. The molecule has 1 aromatic rings. The molecule has 1 unspecified atom stereocenters. The number of rotatable bonds is 7. The summed E-state index contributed by atoms with van der Waals surface area (Å²) in [5, 5.41) is 9.63. The van der Waals surface area contributed by atoms with Crippen molar-refractivity contribution in [3.05, 3.63) is 35.9 Å². The quantitative estimate of drug-likeness (QED) is 0.531. The fraction of sp³-hybridized carbons (Fsp3) is 0.579. The van der Waals surface area contributed by atoms with Gasteiger partial charge in [0.05, 0.1) is 0 Å². The molecule has 1 fully saturated rings. The number of amides is 1. The molecular weight excluding hydrogens is 300 g/mol. The second kappa shape index (κ2) is 9.96. The lowest BCUT2D eigenvalue weighted by atomic mass is 10.0. The standard InChI is InChI=1S/C19H30N4O/c1-15(16-8-4-3-5-9-16)14-22-19(20-2)21-13-12-18(24)23-17-10-6-7-11-17/h3-5,8-9,15,17H,6-7,10-14H2,1-2H3,(H,23,24)(H2,20,21,22). The third kappa shape index (κ3) is 6.22. The van der Waals surface area contributed by atoms with E-state index >= 15 is 0 Å². The van der Waals surface area contributed by atoms with Crippen LogP contribution in [0.25, 0.3) is 0 Å². The van der Waals surface area contributed by atoms with Gasteiger partial charge in [-0.25, -0.2) is 0 Å². The van der Waals surface area contributed by atoms with E-state index in [2.05, 4.69) is 52.1 Å². The van der Waals surface area contributed by atoms with Gasteiger partial charge in [0, 0.05) is 32.6 Å². The Labute approximate surface area is 145 Å². The van der Waals surface area contributed by atoms with Crippen molar-refractivity contribution in [3.63, 3.8) is 0 Å². The van der Waals surface area contributed by atoms with Crippen LogP contribution >= 0.6 is 0 Å². The highest BCUT2D eigenvalue weighted by atomic mass is 16.1. The first-order chi connectivity index (χ1) is 11.7. The summed E-state index contributed by atoms with van der Waals surface area (Å²) in [6.07, 6.45) is 5.20. The van der Waals surface area contributed by atoms with E-state index in [1.165, 1.54) is 18.4 Å². The van der Waals surface area contributed by atoms with Crippen molar-refractivity contribution in [1.29, 1.82) is 0 Å². The van der Waals surface area contributed by atoms with E-state index in [4.69, 9.17) is 0 Å². The topological polar surface area (TPSA) is 65.5 Å². The molecule has 1 aromatic carbocycles. The van der Waals surface area contributed by atoms with E-state index in [0.717, 1.165) is 25.3 Å². The van der Waals surface area contributed by atoms with Gasteiger partial charge in [0.25, 0.3) is 0 Å². The molecule has 0 bridgehead atoms. The minimum absolute atomic E-state index is 0.127. The number of aliphatic imine (C=N–C) groups is 1. The Morgan fingerprint density at radius 2 is 1.92 bits per heavy atom. The zero-order valence-corrected chi connectivity index (χ0v) is 14.8. The van der Waals surface area contributed by atoms with Crippen molar-refractivity contribution in [2.45, 2.75) is 51.0 Å². The summed E-state index contributed by atoms with van der Waals surface area (Å²) >= 11 is 0. The van der Waals surface area contributed by atoms with Crippen LogP contribution in [0, 0.1) is 0 Å². The molecule has 0 aromatic heterocycles. The molecular formula is C19H30N4O.